The number of rotatable bonds is 4. The van der Waals surface area contributed by atoms with Gasteiger partial charge in [-0.3, -0.25) is 0 Å². The van der Waals surface area contributed by atoms with E-state index in [0.29, 0.717) is 17.3 Å². The molecule has 5 atom stereocenters. The van der Waals surface area contributed by atoms with Crippen molar-refractivity contribution in [2.75, 3.05) is 6.54 Å². The average molecular weight is 426 g/mol. The van der Waals surface area contributed by atoms with Crippen LogP contribution in [-0.2, 0) is 21.2 Å². The smallest absolute Gasteiger partial charge is 0.221 e. The van der Waals surface area contributed by atoms with Crippen LogP contribution in [-0.4, -0.2) is 53.5 Å². The van der Waals surface area contributed by atoms with Crippen molar-refractivity contribution in [1.82, 2.24) is 4.31 Å². The maximum absolute atomic E-state index is 13.3. The zero-order valence-corrected chi connectivity index (χ0v) is 16.0. The number of hydrogen-bond acceptors (Lipinski definition) is 4. The van der Waals surface area contributed by atoms with Gasteiger partial charge in [-0.2, -0.15) is 4.31 Å². The molecular weight excluding hydrogens is 406 g/mol. The minimum absolute atomic E-state index is 0.137. The van der Waals surface area contributed by atoms with Crippen LogP contribution in [0.2, 0.25) is 0 Å². The third-order valence-corrected chi connectivity index (χ3v) is 7.96. The van der Waals surface area contributed by atoms with Gasteiger partial charge in [0.25, 0.3) is 0 Å². The molecule has 2 fully saturated rings. The Labute approximate surface area is 156 Å². The fourth-order valence-corrected chi connectivity index (χ4v) is 7.11. The lowest BCUT2D eigenvalue weighted by Gasteiger charge is -2.49. The van der Waals surface area contributed by atoms with Crippen molar-refractivity contribution in [2.24, 2.45) is 0 Å². The first-order chi connectivity index (χ1) is 11.8. The van der Waals surface area contributed by atoms with Gasteiger partial charge in [-0.15, -0.1) is 0 Å². The summed E-state index contributed by atoms with van der Waals surface area (Å²) in [5.74, 6) is 0. The van der Waals surface area contributed by atoms with E-state index in [1.165, 1.54) is 4.31 Å². The Morgan fingerprint density at radius 2 is 2.12 bits per heavy atom. The third-order valence-electron chi connectivity index (χ3n) is 5.37. The van der Waals surface area contributed by atoms with Gasteiger partial charge in [-0.25, -0.2) is 8.42 Å². The lowest BCUT2D eigenvalue weighted by molar-refractivity contribution is -0.0920. The average Bonchev–Trinajstić information content (AvgIpc) is 3.17. The van der Waals surface area contributed by atoms with Crippen LogP contribution in [0.4, 0.5) is 0 Å². The fourth-order valence-electron chi connectivity index (χ4n) is 4.27. The van der Waals surface area contributed by atoms with Crippen LogP contribution in [0.15, 0.2) is 53.5 Å². The quantitative estimate of drug-likeness (QED) is 0.748. The predicted molar refractivity (Wildman–Crippen MR) is 98.8 cm³/mol. The molecule has 1 spiro atoms. The maximum atomic E-state index is 13.3. The summed E-state index contributed by atoms with van der Waals surface area (Å²) in [6, 6.07) is 8.99. The highest BCUT2D eigenvalue weighted by Crippen LogP contribution is 2.50. The van der Waals surface area contributed by atoms with Crippen molar-refractivity contribution in [3.8, 4) is 0 Å². The van der Waals surface area contributed by atoms with E-state index in [0.717, 1.165) is 5.56 Å². The van der Waals surface area contributed by atoms with Crippen LogP contribution in [0.3, 0.4) is 0 Å². The molecule has 4 unspecified atom stereocenters. The highest BCUT2D eigenvalue weighted by molar-refractivity contribution is 9.11. The molecule has 25 heavy (non-hydrogen) atoms. The molecule has 4 rings (SSSR count). The second-order valence-corrected chi connectivity index (χ2v) is 10.1. The maximum Gasteiger partial charge on any atom is 0.221 e. The standard InChI is InChI=1S/C18H20BrNO4S/c1-12(19)11-20-15(9-13-5-3-2-4-6-13)17(21)18-8-7-14(24-18)10-16(18)25(20,22)23/h2-8,14-17,21H,1,9-11H2/t14?,15?,16?,17?,18-/m1/s1. The topological polar surface area (TPSA) is 66.8 Å². The second kappa shape index (κ2) is 6.03. The normalized spacial score (nSPS) is 38.6. The molecule has 1 aromatic carbocycles. The number of aliphatic hydroxyl groups excluding tert-OH is 1. The number of nitrogens with zero attached hydrogens (tertiary/aromatic N) is 1. The van der Waals surface area contributed by atoms with Crippen LogP contribution in [0.5, 0.6) is 0 Å². The highest BCUT2D eigenvalue weighted by atomic mass is 79.9. The van der Waals surface area contributed by atoms with Crippen molar-refractivity contribution in [3.05, 3.63) is 59.1 Å². The molecule has 0 amide bonds. The lowest BCUT2D eigenvalue weighted by atomic mass is 9.83. The number of benzene rings is 1. The zero-order chi connectivity index (χ0) is 17.8. The Morgan fingerprint density at radius 3 is 2.76 bits per heavy atom. The summed E-state index contributed by atoms with van der Waals surface area (Å²) < 4.78 is 34.5. The monoisotopic (exact) mass is 425 g/mol. The van der Waals surface area contributed by atoms with Gasteiger partial charge in [0.1, 0.15) is 17.0 Å². The van der Waals surface area contributed by atoms with Gasteiger partial charge in [-0.1, -0.05) is 65.0 Å². The van der Waals surface area contributed by atoms with E-state index in [9.17, 15) is 13.5 Å². The van der Waals surface area contributed by atoms with Crippen molar-refractivity contribution < 1.29 is 18.3 Å². The van der Waals surface area contributed by atoms with E-state index < -0.39 is 33.0 Å². The van der Waals surface area contributed by atoms with E-state index in [4.69, 9.17) is 4.74 Å². The molecule has 2 bridgehead atoms. The molecule has 3 aliphatic rings. The van der Waals surface area contributed by atoms with Crippen molar-refractivity contribution in [3.63, 3.8) is 0 Å². The Morgan fingerprint density at radius 1 is 1.40 bits per heavy atom. The molecule has 0 aromatic heterocycles. The summed E-state index contributed by atoms with van der Waals surface area (Å²) >= 11 is 3.28. The first kappa shape index (κ1) is 17.4. The molecule has 1 aromatic rings. The molecule has 0 radical (unpaired) electrons. The number of aliphatic hydroxyl groups is 1. The van der Waals surface area contributed by atoms with Crippen molar-refractivity contribution in [1.29, 1.82) is 0 Å². The molecule has 5 nitrogen and oxygen atoms in total. The molecule has 0 saturated carbocycles. The van der Waals surface area contributed by atoms with Crippen LogP contribution in [0.25, 0.3) is 0 Å². The molecular formula is C18H20BrNO4S. The summed E-state index contributed by atoms with van der Waals surface area (Å²) in [6.45, 7) is 3.93. The first-order valence-corrected chi connectivity index (χ1v) is 10.6. The summed E-state index contributed by atoms with van der Waals surface area (Å²) in [7, 11) is -3.63. The van der Waals surface area contributed by atoms with E-state index >= 15 is 0 Å². The first-order valence-electron chi connectivity index (χ1n) is 8.28. The molecule has 7 heteroatoms. The molecule has 134 valence electrons. The molecule has 3 heterocycles. The largest absolute Gasteiger partial charge is 0.388 e. The van der Waals surface area contributed by atoms with Gasteiger partial charge < -0.3 is 9.84 Å². The van der Waals surface area contributed by atoms with Crippen LogP contribution in [0, 0.1) is 0 Å². The Hall–Kier alpha value is -0.990. The van der Waals surface area contributed by atoms with E-state index in [2.05, 4.69) is 22.5 Å². The fraction of sp³-hybridized carbons (Fsp3) is 0.444. The summed E-state index contributed by atoms with van der Waals surface area (Å²) in [5.41, 5.74) is -0.161. The van der Waals surface area contributed by atoms with Gasteiger partial charge in [-0.05, 0) is 18.4 Å². The van der Waals surface area contributed by atoms with Gasteiger partial charge in [0.05, 0.1) is 12.1 Å². The van der Waals surface area contributed by atoms with Crippen LogP contribution >= 0.6 is 15.9 Å². The Bertz CT molecular complexity index is 825. The second-order valence-electron chi connectivity index (χ2n) is 6.90. The third kappa shape index (κ3) is 2.64. The number of sulfonamides is 1. The van der Waals surface area contributed by atoms with E-state index in [1.807, 2.05) is 36.4 Å². The van der Waals surface area contributed by atoms with Gasteiger partial charge in [0.15, 0.2) is 0 Å². The predicted octanol–water partition coefficient (Wildman–Crippen LogP) is 1.98. The van der Waals surface area contributed by atoms with E-state index in [-0.39, 0.29) is 12.6 Å². The SMILES string of the molecule is C=C(Br)CN1C(Cc2ccccc2)C(O)[C@@]23C=CC(CC2S1(=O)=O)O3. The van der Waals surface area contributed by atoms with Crippen LogP contribution < -0.4 is 0 Å². The summed E-state index contributed by atoms with van der Waals surface area (Å²) in [6.07, 6.45) is 3.26. The summed E-state index contributed by atoms with van der Waals surface area (Å²) in [4.78, 5) is 0. The summed E-state index contributed by atoms with van der Waals surface area (Å²) in [5, 5.41) is 10.4. The van der Waals surface area contributed by atoms with Crippen LogP contribution in [0.1, 0.15) is 12.0 Å². The van der Waals surface area contributed by atoms with Gasteiger partial charge in [0.2, 0.25) is 10.0 Å². The minimum atomic E-state index is -3.63. The molecule has 3 aliphatic heterocycles. The molecule has 2 saturated heterocycles. The molecule has 0 aliphatic carbocycles. The van der Waals surface area contributed by atoms with Crippen molar-refractivity contribution in [2.45, 2.75) is 41.9 Å². The number of fused-ring (bicyclic) bond motifs is 1. The Balaban J connectivity index is 1.78. The van der Waals surface area contributed by atoms with Crippen molar-refractivity contribution >= 4 is 26.0 Å². The Kier molecular flexibility index (Phi) is 4.20. The number of hydrogen-bond donors (Lipinski definition) is 1. The van der Waals surface area contributed by atoms with E-state index in [1.54, 1.807) is 6.08 Å². The van der Waals surface area contributed by atoms with Gasteiger partial charge in [0, 0.05) is 11.0 Å². The van der Waals surface area contributed by atoms with Gasteiger partial charge >= 0.3 is 0 Å². The number of halogens is 1. The molecule has 1 N–H and O–H groups in total. The minimum Gasteiger partial charge on any atom is -0.388 e. The lowest BCUT2D eigenvalue weighted by Crippen LogP contribution is -2.68. The zero-order valence-electron chi connectivity index (χ0n) is 13.6. The highest BCUT2D eigenvalue weighted by Gasteiger charge is 2.66. The number of ether oxygens (including phenoxy) is 1.